The molecule has 0 aliphatic carbocycles. The Balaban J connectivity index is 1.69. The first-order valence-corrected chi connectivity index (χ1v) is 11.0. The molecule has 3 N–H and O–H groups in total. The lowest BCUT2D eigenvalue weighted by atomic mass is 10.2. The molecule has 3 aromatic rings. The summed E-state index contributed by atoms with van der Waals surface area (Å²) in [5.74, 6) is -1.23. The van der Waals surface area contributed by atoms with Crippen molar-refractivity contribution in [2.75, 3.05) is 11.9 Å². The van der Waals surface area contributed by atoms with E-state index < -0.39 is 28.5 Å². The quantitative estimate of drug-likeness (QED) is 0.570. The molecule has 0 atom stereocenters. The fourth-order valence-corrected chi connectivity index (χ4v) is 4.14. The third-order valence-corrected chi connectivity index (χ3v) is 5.83. The van der Waals surface area contributed by atoms with E-state index in [4.69, 9.17) is 9.88 Å². The van der Waals surface area contributed by atoms with Gasteiger partial charge < -0.3 is 14.6 Å². The number of hydrogen-bond donors (Lipinski definition) is 2. The normalized spacial score (nSPS) is 11.2. The highest BCUT2D eigenvalue weighted by molar-refractivity contribution is 7.89. The van der Waals surface area contributed by atoms with Crippen molar-refractivity contribution in [2.24, 2.45) is 5.14 Å². The number of carbonyl (C=O) groups is 2. The largest absolute Gasteiger partial charge is 0.452 e. The molecule has 3 rings (SSSR count). The van der Waals surface area contributed by atoms with E-state index in [0.717, 1.165) is 11.4 Å². The van der Waals surface area contributed by atoms with Crippen molar-refractivity contribution in [3.63, 3.8) is 0 Å². The molecule has 9 heteroatoms. The van der Waals surface area contributed by atoms with Crippen LogP contribution in [-0.2, 0) is 19.6 Å². The van der Waals surface area contributed by atoms with Crippen LogP contribution in [0.25, 0.3) is 5.69 Å². The van der Waals surface area contributed by atoms with Crippen LogP contribution in [0.1, 0.15) is 27.3 Å². The number of anilines is 1. The Bertz CT molecular complexity index is 1250. The molecule has 0 saturated heterocycles. The Morgan fingerprint density at radius 1 is 1.03 bits per heavy atom. The minimum absolute atomic E-state index is 0.0874. The SMILES string of the molecule is Cc1ccc(NC(=O)COC(=O)c2cc(C)n(-c3ccccc3)c2C)cc1S(N)(=O)=O. The van der Waals surface area contributed by atoms with Gasteiger partial charge in [-0.15, -0.1) is 0 Å². The maximum atomic E-state index is 12.5. The third kappa shape index (κ3) is 5.01. The third-order valence-electron chi connectivity index (χ3n) is 4.78. The van der Waals surface area contributed by atoms with Crippen LogP contribution in [0.15, 0.2) is 59.5 Å². The summed E-state index contributed by atoms with van der Waals surface area (Å²) in [6.45, 7) is 4.76. The number of ether oxygens (including phenoxy) is 1. The number of nitrogens with zero attached hydrogens (tertiary/aromatic N) is 1. The summed E-state index contributed by atoms with van der Waals surface area (Å²) in [5.41, 5.74) is 3.53. The predicted octanol–water partition coefficient (Wildman–Crippen LogP) is 2.85. The second kappa shape index (κ2) is 8.75. The molecule has 0 fully saturated rings. The molecule has 31 heavy (non-hydrogen) atoms. The number of primary sulfonamides is 1. The molecule has 0 aliphatic heterocycles. The molecule has 0 unspecified atom stereocenters. The van der Waals surface area contributed by atoms with Gasteiger partial charge in [-0.1, -0.05) is 24.3 Å². The van der Waals surface area contributed by atoms with E-state index in [9.17, 15) is 18.0 Å². The van der Waals surface area contributed by atoms with Gasteiger partial charge in [0.25, 0.3) is 5.91 Å². The molecule has 0 bridgehead atoms. The fraction of sp³-hybridized carbons (Fsp3) is 0.182. The first-order chi connectivity index (χ1) is 14.6. The van der Waals surface area contributed by atoms with Crippen LogP contribution in [0.4, 0.5) is 5.69 Å². The first kappa shape index (κ1) is 22.3. The second-order valence-electron chi connectivity index (χ2n) is 7.11. The lowest BCUT2D eigenvalue weighted by Gasteiger charge is -2.10. The van der Waals surface area contributed by atoms with Gasteiger partial charge in [-0.3, -0.25) is 4.79 Å². The molecule has 2 aromatic carbocycles. The van der Waals surface area contributed by atoms with E-state index in [1.165, 1.54) is 18.2 Å². The number of aryl methyl sites for hydroxylation is 2. The Morgan fingerprint density at radius 3 is 2.35 bits per heavy atom. The summed E-state index contributed by atoms with van der Waals surface area (Å²) in [5, 5.41) is 7.68. The highest BCUT2D eigenvalue weighted by Gasteiger charge is 2.19. The molecule has 0 radical (unpaired) electrons. The number of carbonyl (C=O) groups excluding carboxylic acids is 2. The molecule has 162 valence electrons. The summed E-state index contributed by atoms with van der Waals surface area (Å²) in [4.78, 5) is 24.6. The summed E-state index contributed by atoms with van der Waals surface area (Å²) in [6.07, 6.45) is 0. The number of hydrogen-bond acceptors (Lipinski definition) is 5. The van der Waals surface area contributed by atoms with Crippen molar-refractivity contribution in [2.45, 2.75) is 25.7 Å². The van der Waals surface area contributed by atoms with Crippen molar-refractivity contribution >= 4 is 27.6 Å². The van der Waals surface area contributed by atoms with Gasteiger partial charge in [0, 0.05) is 22.8 Å². The minimum Gasteiger partial charge on any atom is -0.452 e. The maximum Gasteiger partial charge on any atom is 0.340 e. The van der Waals surface area contributed by atoms with E-state index >= 15 is 0 Å². The minimum atomic E-state index is -3.92. The predicted molar refractivity (Wildman–Crippen MR) is 117 cm³/mol. The molecule has 1 aromatic heterocycles. The van der Waals surface area contributed by atoms with Gasteiger partial charge in [-0.2, -0.15) is 0 Å². The van der Waals surface area contributed by atoms with Gasteiger partial charge in [0.2, 0.25) is 10.0 Å². The average molecular weight is 442 g/mol. The molecule has 8 nitrogen and oxygen atoms in total. The van der Waals surface area contributed by atoms with E-state index in [1.807, 2.05) is 41.8 Å². The van der Waals surface area contributed by atoms with Crippen LogP contribution in [0, 0.1) is 20.8 Å². The molecule has 0 spiro atoms. The zero-order chi connectivity index (χ0) is 22.8. The van der Waals surface area contributed by atoms with Crippen LogP contribution in [0.5, 0.6) is 0 Å². The van der Waals surface area contributed by atoms with Crippen LogP contribution >= 0.6 is 0 Å². The second-order valence-corrected chi connectivity index (χ2v) is 8.64. The smallest absolute Gasteiger partial charge is 0.340 e. The zero-order valence-corrected chi connectivity index (χ0v) is 18.2. The van der Waals surface area contributed by atoms with Crippen LogP contribution < -0.4 is 10.5 Å². The number of nitrogens with two attached hydrogens (primary N) is 1. The Kier molecular flexibility index (Phi) is 6.28. The van der Waals surface area contributed by atoms with Crippen molar-refractivity contribution in [3.8, 4) is 5.69 Å². The first-order valence-electron chi connectivity index (χ1n) is 9.42. The molecular formula is C22H23N3O5S. The topological polar surface area (TPSA) is 120 Å². The number of nitrogens with one attached hydrogen (secondary N) is 1. The van der Waals surface area contributed by atoms with Crippen molar-refractivity contribution < 1.29 is 22.7 Å². The molecule has 1 heterocycles. The number of amides is 1. The molecule has 0 aliphatic rings. The van der Waals surface area contributed by atoms with Crippen LogP contribution in [0.3, 0.4) is 0 Å². The standard InChI is InChI=1S/C22H23N3O5S/c1-14-9-10-17(12-20(14)31(23,28)29)24-21(26)13-30-22(27)19-11-15(2)25(16(19)3)18-7-5-4-6-8-18/h4-12H,13H2,1-3H3,(H,24,26)(H2,23,28,29). The number of rotatable bonds is 6. The van der Waals surface area contributed by atoms with Gasteiger partial charge in [0.1, 0.15) is 0 Å². The number of aromatic nitrogens is 1. The monoisotopic (exact) mass is 441 g/mol. The average Bonchev–Trinajstić information content (AvgIpc) is 3.01. The number of esters is 1. The van der Waals surface area contributed by atoms with E-state index in [1.54, 1.807) is 19.9 Å². The van der Waals surface area contributed by atoms with Gasteiger partial charge in [0.05, 0.1) is 10.5 Å². The molecular weight excluding hydrogens is 418 g/mol. The Labute approximate surface area is 180 Å². The fourth-order valence-electron chi connectivity index (χ4n) is 3.33. The summed E-state index contributed by atoms with van der Waals surface area (Å²) >= 11 is 0. The van der Waals surface area contributed by atoms with Crippen molar-refractivity contribution in [1.82, 2.24) is 4.57 Å². The Hall–Kier alpha value is -3.43. The lowest BCUT2D eigenvalue weighted by Crippen LogP contribution is -2.21. The number of para-hydroxylation sites is 1. The summed E-state index contributed by atoms with van der Waals surface area (Å²) in [6, 6.07) is 15.6. The number of sulfonamides is 1. The Morgan fingerprint density at radius 2 is 1.71 bits per heavy atom. The van der Waals surface area contributed by atoms with Gasteiger partial charge >= 0.3 is 5.97 Å². The van der Waals surface area contributed by atoms with Crippen molar-refractivity contribution in [1.29, 1.82) is 0 Å². The lowest BCUT2D eigenvalue weighted by molar-refractivity contribution is -0.119. The van der Waals surface area contributed by atoms with Crippen LogP contribution in [-0.4, -0.2) is 31.5 Å². The highest BCUT2D eigenvalue weighted by Crippen LogP contribution is 2.22. The molecule has 0 saturated carbocycles. The number of benzene rings is 2. The maximum absolute atomic E-state index is 12.5. The van der Waals surface area contributed by atoms with E-state index in [0.29, 0.717) is 16.8 Å². The van der Waals surface area contributed by atoms with E-state index in [-0.39, 0.29) is 10.6 Å². The van der Waals surface area contributed by atoms with Crippen LogP contribution in [0.2, 0.25) is 0 Å². The summed E-state index contributed by atoms with van der Waals surface area (Å²) < 4.78 is 30.3. The molecule has 1 amide bonds. The highest BCUT2D eigenvalue weighted by atomic mass is 32.2. The van der Waals surface area contributed by atoms with E-state index in [2.05, 4.69) is 5.32 Å². The van der Waals surface area contributed by atoms with Gasteiger partial charge in [0.15, 0.2) is 6.61 Å². The summed E-state index contributed by atoms with van der Waals surface area (Å²) in [7, 11) is -3.92. The zero-order valence-electron chi connectivity index (χ0n) is 17.4. The van der Waals surface area contributed by atoms with Gasteiger partial charge in [-0.05, 0) is 56.7 Å². The van der Waals surface area contributed by atoms with Gasteiger partial charge in [-0.25, -0.2) is 18.4 Å². The van der Waals surface area contributed by atoms with Crippen molar-refractivity contribution in [3.05, 3.63) is 77.1 Å².